The molecule has 1 atom stereocenters. The molecule has 7 nitrogen and oxygen atoms in total. The van der Waals surface area contributed by atoms with E-state index in [0.717, 1.165) is 36.7 Å². The van der Waals surface area contributed by atoms with Crippen molar-refractivity contribution < 1.29 is 35.5 Å². The summed E-state index contributed by atoms with van der Waals surface area (Å²) in [6.07, 6.45) is 2.10. The van der Waals surface area contributed by atoms with Gasteiger partial charge in [-0.3, -0.25) is 4.99 Å². The van der Waals surface area contributed by atoms with Crippen molar-refractivity contribution in [2.75, 3.05) is 12.0 Å². The molecule has 13 heteroatoms. The van der Waals surface area contributed by atoms with Gasteiger partial charge in [-0.2, -0.15) is 4.98 Å². The van der Waals surface area contributed by atoms with E-state index in [1.165, 1.54) is 6.92 Å². The molecule has 34 heavy (non-hydrogen) atoms. The molecule has 0 aliphatic heterocycles. The van der Waals surface area contributed by atoms with E-state index in [2.05, 4.69) is 15.0 Å². The third kappa shape index (κ3) is 6.87. The summed E-state index contributed by atoms with van der Waals surface area (Å²) >= 11 is 6.22. The number of aromatic nitrogens is 2. The largest absolute Gasteiger partial charge is 0.435 e. The van der Waals surface area contributed by atoms with Crippen molar-refractivity contribution in [1.29, 1.82) is 0 Å². The standard InChI is InChI=1S/C21H16ClF4N3O4S/c1-11(10-34(2,30)31)28-19(22)14-9-27-21(33-18-6-4-13(24)8-16(18)26)29-20(14)32-17-5-3-12(23)7-15(17)25/h3-9,11H,10H2,1-2H3/b28-19+/t11-/m1/s1. The topological polar surface area (TPSA) is 90.7 Å². The molecular weight excluding hydrogens is 502 g/mol. The van der Waals surface area contributed by atoms with E-state index < -0.39 is 62.5 Å². The Bertz CT molecular complexity index is 1360. The van der Waals surface area contributed by atoms with Gasteiger partial charge in [0.2, 0.25) is 5.88 Å². The maximum Gasteiger partial charge on any atom is 0.325 e. The molecule has 0 amide bonds. The molecule has 0 aliphatic carbocycles. The molecule has 0 radical (unpaired) electrons. The van der Waals surface area contributed by atoms with E-state index in [-0.39, 0.29) is 16.5 Å². The van der Waals surface area contributed by atoms with Gasteiger partial charge in [0, 0.05) is 24.6 Å². The fraction of sp³-hybridized carbons (Fsp3) is 0.190. The molecular formula is C21H16ClF4N3O4S. The quantitative estimate of drug-likeness (QED) is 0.307. The molecule has 3 aromatic rings. The summed E-state index contributed by atoms with van der Waals surface area (Å²) in [5, 5.41) is -0.270. The van der Waals surface area contributed by atoms with Gasteiger partial charge in [-0.1, -0.05) is 11.6 Å². The summed E-state index contributed by atoms with van der Waals surface area (Å²) in [6.45, 7) is 1.50. The maximum absolute atomic E-state index is 14.1. The number of hydrogen-bond donors (Lipinski definition) is 0. The lowest BCUT2D eigenvalue weighted by Gasteiger charge is -2.13. The minimum Gasteiger partial charge on any atom is -0.435 e. The molecule has 2 aromatic carbocycles. The highest BCUT2D eigenvalue weighted by Crippen LogP contribution is 2.30. The van der Waals surface area contributed by atoms with Gasteiger partial charge in [0.05, 0.1) is 17.4 Å². The molecule has 0 aliphatic rings. The van der Waals surface area contributed by atoms with Gasteiger partial charge in [-0.15, -0.1) is 0 Å². The van der Waals surface area contributed by atoms with Crippen LogP contribution in [0, 0.1) is 23.3 Å². The first kappa shape index (κ1) is 25.4. The lowest BCUT2D eigenvalue weighted by Crippen LogP contribution is -2.16. The molecule has 3 rings (SSSR count). The first-order chi connectivity index (χ1) is 15.9. The van der Waals surface area contributed by atoms with Crippen LogP contribution in [-0.2, 0) is 9.84 Å². The van der Waals surface area contributed by atoms with Crippen LogP contribution >= 0.6 is 11.6 Å². The Morgan fingerprint density at radius 2 is 1.59 bits per heavy atom. The summed E-state index contributed by atoms with van der Waals surface area (Å²) in [7, 11) is -3.36. The van der Waals surface area contributed by atoms with Crippen molar-refractivity contribution in [3.05, 3.63) is 71.4 Å². The van der Waals surface area contributed by atoms with Crippen LogP contribution in [0.4, 0.5) is 17.6 Å². The second-order valence-electron chi connectivity index (χ2n) is 7.09. The number of aliphatic imine (C=N–C) groups is 1. The zero-order valence-electron chi connectivity index (χ0n) is 17.6. The summed E-state index contributed by atoms with van der Waals surface area (Å²) in [5.41, 5.74) is -0.0855. The Labute approximate surface area is 197 Å². The summed E-state index contributed by atoms with van der Waals surface area (Å²) in [6, 6.07) is 3.81. The summed E-state index contributed by atoms with van der Waals surface area (Å²) in [5.74, 6) is -5.33. The van der Waals surface area contributed by atoms with Crippen LogP contribution in [0.5, 0.6) is 23.4 Å². The minimum absolute atomic E-state index is 0.0855. The first-order valence-electron chi connectivity index (χ1n) is 9.45. The third-order valence-electron chi connectivity index (χ3n) is 4.03. The van der Waals surface area contributed by atoms with Crippen molar-refractivity contribution in [1.82, 2.24) is 9.97 Å². The number of nitrogens with zero attached hydrogens (tertiary/aromatic N) is 3. The average molecular weight is 518 g/mol. The van der Waals surface area contributed by atoms with Crippen molar-refractivity contribution in [3.63, 3.8) is 0 Å². The normalized spacial score (nSPS) is 13.0. The zero-order valence-corrected chi connectivity index (χ0v) is 19.2. The molecule has 0 bridgehead atoms. The first-order valence-corrected chi connectivity index (χ1v) is 11.9. The fourth-order valence-corrected chi connectivity index (χ4v) is 3.92. The number of hydrogen-bond acceptors (Lipinski definition) is 7. The second-order valence-corrected chi connectivity index (χ2v) is 9.63. The molecule has 0 saturated carbocycles. The maximum atomic E-state index is 14.1. The van der Waals surface area contributed by atoms with Crippen molar-refractivity contribution in [3.8, 4) is 23.4 Å². The lowest BCUT2D eigenvalue weighted by atomic mass is 10.3. The van der Waals surface area contributed by atoms with E-state index in [0.29, 0.717) is 12.1 Å². The van der Waals surface area contributed by atoms with E-state index in [9.17, 15) is 26.0 Å². The Balaban J connectivity index is 2.01. The van der Waals surface area contributed by atoms with Crippen LogP contribution in [0.3, 0.4) is 0 Å². The van der Waals surface area contributed by atoms with Gasteiger partial charge in [-0.25, -0.2) is 31.0 Å². The molecule has 0 unspecified atom stereocenters. The fourth-order valence-electron chi connectivity index (χ4n) is 2.68. The van der Waals surface area contributed by atoms with Gasteiger partial charge in [0.1, 0.15) is 26.6 Å². The molecule has 0 N–H and O–H groups in total. The molecule has 1 aromatic heterocycles. The van der Waals surface area contributed by atoms with E-state index >= 15 is 0 Å². The number of rotatable bonds is 8. The van der Waals surface area contributed by atoms with Crippen molar-refractivity contribution in [2.45, 2.75) is 13.0 Å². The predicted molar refractivity (Wildman–Crippen MR) is 116 cm³/mol. The third-order valence-corrected chi connectivity index (χ3v) is 5.42. The van der Waals surface area contributed by atoms with Crippen molar-refractivity contribution >= 4 is 26.6 Å². The monoisotopic (exact) mass is 517 g/mol. The highest BCUT2D eigenvalue weighted by molar-refractivity contribution is 7.90. The number of ether oxygens (including phenoxy) is 2. The second kappa shape index (κ2) is 10.3. The number of sulfone groups is 1. The molecule has 1 heterocycles. The molecule has 0 saturated heterocycles. The lowest BCUT2D eigenvalue weighted by molar-refractivity contribution is 0.382. The highest BCUT2D eigenvalue weighted by Gasteiger charge is 2.19. The molecule has 180 valence electrons. The Kier molecular flexibility index (Phi) is 7.72. The van der Waals surface area contributed by atoms with E-state index in [4.69, 9.17) is 21.1 Å². The summed E-state index contributed by atoms with van der Waals surface area (Å²) < 4.78 is 88.1. The van der Waals surface area contributed by atoms with Gasteiger partial charge >= 0.3 is 6.01 Å². The summed E-state index contributed by atoms with van der Waals surface area (Å²) in [4.78, 5) is 11.9. The van der Waals surface area contributed by atoms with Gasteiger partial charge in [0.15, 0.2) is 23.1 Å². The zero-order chi connectivity index (χ0) is 25.0. The van der Waals surface area contributed by atoms with Crippen LogP contribution in [0.25, 0.3) is 0 Å². The molecule has 0 spiro atoms. The Hall–Kier alpha value is -3.25. The number of benzene rings is 2. The van der Waals surface area contributed by atoms with Crippen LogP contribution in [0.2, 0.25) is 0 Å². The van der Waals surface area contributed by atoms with Crippen LogP contribution in [0.15, 0.2) is 47.6 Å². The van der Waals surface area contributed by atoms with Crippen molar-refractivity contribution in [2.24, 2.45) is 4.99 Å². The smallest absolute Gasteiger partial charge is 0.325 e. The van der Waals surface area contributed by atoms with Crippen LogP contribution in [-0.4, -0.2) is 41.6 Å². The van der Waals surface area contributed by atoms with Crippen LogP contribution in [0.1, 0.15) is 12.5 Å². The van der Waals surface area contributed by atoms with Crippen LogP contribution < -0.4 is 9.47 Å². The number of halogens is 5. The highest BCUT2D eigenvalue weighted by atomic mass is 35.5. The average Bonchev–Trinajstić information content (AvgIpc) is 2.71. The van der Waals surface area contributed by atoms with E-state index in [1.807, 2.05) is 0 Å². The Morgan fingerprint density at radius 1 is 1.03 bits per heavy atom. The van der Waals surface area contributed by atoms with E-state index in [1.54, 1.807) is 0 Å². The van der Waals surface area contributed by atoms with Gasteiger partial charge in [-0.05, 0) is 31.2 Å². The Morgan fingerprint density at radius 3 is 2.12 bits per heavy atom. The SMILES string of the molecule is C[C@H](CS(C)(=O)=O)/N=C(/Cl)c1cnc(Oc2ccc(F)cc2F)nc1Oc1ccc(F)cc1F. The van der Waals surface area contributed by atoms with Gasteiger partial charge < -0.3 is 9.47 Å². The predicted octanol–water partition coefficient (Wildman–Crippen LogP) is 5.04. The minimum atomic E-state index is -3.36. The molecule has 0 fully saturated rings. The van der Waals surface area contributed by atoms with Gasteiger partial charge in [0.25, 0.3) is 0 Å².